The third-order valence-corrected chi connectivity index (χ3v) is 5.09. The minimum absolute atomic E-state index is 0.115. The molecule has 0 saturated heterocycles. The first-order chi connectivity index (χ1) is 16.0. The van der Waals surface area contributed by atoms with Crippen LogP contribution >= 0.6 is 0 Å². The van der Waals surface area contributed by atoms with E-state index in [1.165, 1.54) is 6.07 Å². The lowest BCUT2D eigenvalue weighted by Crippen LogP contribution is -2.11. The Hall–Kier alpha value is -3.55. The van der Waals surface area contributed by atoms with E-state index < -0.39 is 29.4 Å². The van der Waals surface area contributed by atoms with Crippen molar-refractivity contribution in [3.63, 3.8) is 0 Å². The van der Waals surface area contributed by atoms with Crippen molar-refractivity contribution < 1.29 is 35.9 Å². The molecule has 0 radical (unpaired) electrons. The highest BCUT2D eigenvalue weighted by Crippen LogP contribution is 2.39. The van der Waals surface area contributed by atoms with Crippen LogP contribution in [0, 0.1) is 0 Å². The predicted octanol–water partition coefficient (Wildman–Crippen LogP) is 7.72. The van der Waals surface area contributed by atoms with Crippen molar-refractivity contribution in [3.05, 3.63) is 96.1 Å². The number of halogens is 6. The molecular weight excluding hydrogens is 458 g/mol. The molecule has 2 nitrogen and oxygen atoms in total. The third kappa shape index (κ3) is 6.50. The second-order valence-corrected chi connectivity index (χ2v) is 7.55. The molecule has 178 valence electrons. The Morgan fingerprint density at radius 2 is 1.32 bits per heavy atom. The smallest absolute Gasteiger partial charge is 0.416 e. The molecule has 0 fully saturated rings. The molecule has 0 aromatic heterocycles. The molecule has 0 heterocycles. The number of ether oxygens (including phenoxy) is 1. The maximum absolute atomic E-state index is 13.2. The van der Waals surface area contributed by atoms with Gasteiger partial charge in [0, 0.05) is 6.08 Å². The van der Waals surface area contributed by atoms with Gasteiger partial charge >= 0.3 is 18.3 Å². The molecule has 8 heteroatoms. The highest BCUT2D eigenvalue weighted by Gasteiger charge is 2.37. The molecule has 34 heavy (non-hydrogen) atoms. The Morgan fingerprint density at radius 3 is 1.85 bits per heavy atom. The van der Waals surface area contributed by atoms with Gasteiger partial charge in [-0.2, -0.15) is 26.3 Å². The van der Waals surface area contributed by atoms with Gasteiger partial charge in [-0.05, 0) is 64.9 Å². The number of rotatable bonds is 7. The minimum Gasteiger partial charge on any atom is -0.463 e. The summed E-state index contributed by atoms with van der Waals surface area (Å²) in [6.07, 6.45) is -7.45. The molecule has 0 atom stereocenters. The molecule has 3 aromatic rings. The summed E-state index contributed by atoms with van der Waals surface area (Å²) < 4.78 is 84.2. The van der Waals surface area contributed by atoms with Gasteiger partial charge in [-0.15, -0.1) is 0 Å². The zero-order valence-corrected chi connectivity index (χ0v) is 17.8. The highest BCUT2D eigenvalue weighted by atomic mass is 19.4. The van der Waals surface area contributed by atoms with Crippen LogP contribution in [0.4, 0.5) is 26.3 Å². The Morgan fingerprint density at radius 1 is 0.765 bits per heavy atom. The lowest BCUT2D eigenvalue weighted by atomic mass is 9.95. The third-order valence-electron chi connectivity index (χ3n) is 5.09. The molecule has 0 aliphatic rings. The first-order valence-electron chi connectivity index (χ1n) is 10.3. The van der Waals surface area contributed by atoms with Crippen molar-refractivity contribution in [1.29, 1.82) is 0 Å². The van der Waals surface area contributed by atoms with Gasteiger partial charge in [-0.25, -0.2) is 4.79 Å². The molecule has 0 unspecified atom stereocenters. The summed E-state index contributed by atoms with van der Waals surface area (Å²) >= 11 is 0. The molecule has 0 saturated carbocycles. The Labute approximate surface area is 192 Å². The Kier molecular flexibility index (Phi) is 7.49. The molecule has 0 bridgehead atoms. The topological polar surface area (TPSA) is 26.3 Å². The number of aryl methyl sites for hydroxylation is 1. The van der Waals surface area contributed by atoms with E-state index >= 15 is 0 Å². The summed E-state index contributed by atoms with van der Waals surface area (Å²) in [5.41, 5.74) is -0.252. The van der Waals surface area contributed by atoms with Crippen molar-refractivity contribution in [3.8, 4) is 22.3 Å². The van der Waals surface area contributed by atoms with Crippen LogP contribution in [0.3, 0.4) is 0 Å². The number of carbonyl (C=O) groups is 1. The van der Waals surface area contributed by atoms with Crippen molar-refractivity contribution in [2.75, 3.05) is 6.61 Å². The van der Waals surface area contributed by atoms with Gasteiger partial charge in [0.2, 0.25) is 0 Å². The van der Waals surface area contributed by atoms with Crippen molar-refractivity contribution in [2.45, 2.75) is 25.2 Å². The quantitative estimate of drug-likeness (QED) is 0.150. The fraction of sp³-hybridized carbons (Fsp3) is 0.192. The maximum Gasteiger partial charge on any atom is 0.416 e. The first-order valence-corrected chi connectivity index (χ1v) is 10.3. The van der Waals surface area contributed by atoms with Crippen LogP contribution in [0.1, 0.15) is 23.1 Å². The lowest BCUT2D eigenvalue weighted by molar-refractivity contribution is -0.143. The predicted molar refractivity (Wildman–Crippen MR) is 117 cm³/mol. The number of carbonyl (C=O) groups excluding carboxylic acids is 1. The standard InChI is InChI=1S/C26H20F6O2/c1-2-24(33)34-12-4-5-17-8-10-18(11-9-17)19-6-3-7-20(13-19)21-14-22(25(27,28)29)16-23(15-21)26(30,31)32/h2-3,6-11,13-16H,1,4-5,12H2. The van der Waals surface area contributed by atoms with E-state index in [2.05, 4.69) is 6.58 Å². The summed E-state index contributed by atoms with van der Waals surface area (Å²) in [4.78, 5) is 11.0. The minimum atomic E-state index is -4.91. The number of benzene rings is 3. The van der Waals surface area contributed by atoms with Gasteiger partial charge in [0.25, 0.3) is 0 Å². The van der Waals surface area contributed by atoms with Crippen LogP contribution in [-0.4, -0.2) is 12.6 Å². The summed E-state index contributed by atoms with van der Waals surface area (Å²) in [5, 5.41) is 0. The second kappa shape index (κ2) is 10.2. The van der Waals surface area contributed by atoms with Crippen molar-refractivity contribution >= 4 is 5.97 Å². The number of hydrogen-bond donors (Lipinski definition) is 0. The number of alkyl halides is 6. The van der Waals surface area contributed by atoms with E-state index in [-0.39, 0.29) is 23.8 Å². The van der Waals surface area contributed by atoms with E-state index in [0.717, 1.165) is 29.3 Å². The largest absolute Gasteiger partial charge is 0.463 e. The van der Waals surface area contributed by atoms with E-state index in [4.69, 9.17) is 4.74 Å². The van der Waals surface area contributed by atoms with Gasteiger partial charge < -0.3 is 4.74 Å². The number of esters is 1. The van der Waals surface area contributed by atoms with Crippen LogP contribution in [0.15, 0.2) is 79.4 Å². The monoisotopic (exact) mass is 478 g/mol. The van der Waals surface area contributed by atoms with Crippen LogP contribution < -0.4 is 0 Å². The van der Waals surface area contributed by atoms with Gasteiger partial charge in [-0.1, -0.05) is 49.0 Å². The average molecular weight is 478 g/mol. The molecule has 0 spiro atoms. The molecule has 0 N–H and O–H groups in total. The second-order valence-electron chi connectivity index (χ2n) is 7.55. The fourth-order valence-corrected chi connectivity index (χ4v) is 3.37. The van der Waals surface area contributed by atoms with Crippen molar-refractivity contribution in [2.24, 2.45) is 0 Å². The lowest BCUT2D eigenvalue weighted by Gasteiger charge is -2.15. The van der Waals surface area contributed by atoms with Gasteiger partial charge in [-0.3, -0.25) is 0 Å². The van der Waals surface area contributed by atoms with Crippen molar-refractivity contribution in [1.82, 2.24) is 0 Å². The zero-order chi connectivity index (χ0) is 24.9. The molecular formula is C26H20F6O2. The number of hydrogen-bond acceptors (Lipinski definition) is 2. The van der Waals surface area contributed by atoms with Gasteiger partial charge in [0.15, 0.2) is 0 Å². The fourth-order valence-electron chi connectivity index (χ4n) is 3.37. The molecule has 0 aliphatic heterocycles. The normalized spacial score (nSPS) is 11.8. The molecule has 0 aliphatic carbocycles. The molecule has 3 rings (SSSR count). The molecule has 3 aromatic carbocycles. The summed E-state index contributed by atoms with van der Waals surface area (Å²) in [7, 11) is 0. The average Bonchev–Trinajstić information content (AvgIpc) is 2.80. The summed E-state index contributed by atoms with van der Waals surface area (Å²) in [6.45, 7) is 3.57. The molecule has 0 amide bonds. The van der Waals surface area contributed by atoms with Crippen LogP contribution in [0.25, 0.3) is 22.3 Å². The highest BCUT2D eigenvalue weighted by molar-refractivity contribution is 5.81. The van der Waals surface area contributed by atoms with E-state index in [1.807, 2.05) is 24.3 Å². The van der Waals surface area contributed by atoms with Gasteiger partial charge in [0.05, 0.1) is 17.7 Å². The van der Waals surface area contributed by atoms with Crippen LogP contribution in [0.5, 0.6) is 0 Å². The van der Waals surface area contributed by atoms with E-state index in [9.17, 15) is 31.1 Å². The first kappa shape index (κ1) is 25.1. The summed E-state index contributed by atoms with van der Waals surface area (Å²) in [6, 6.07) is 15.3. The Bertz CT molecular complexity index is 1130. The van der Waals surface area contributed by atoms with E-state index in [0.29, 0.717) is 18.4 Å². The van der Waals surface area contributed by atoms with Crippen LogP contribution in [0.2, 0.25) is 0 Å². The maximum atomic E-state index is 13.2. The summed E-state index contributed by atoms with van der Waals surface area (Å²) in [5.74, 6) is -0.488. The Balaban J connectivity index is 1.84. The van der Waals surface area contributed by atoms with Crippen LogP contribution in [-0.2, 0) is 28.3 Å². The SMILES string of the molecule is C=CC(=O)OCCCc1ccc(-c2cccc(-c3cc(C(F)(F)F)cc(C(F)(F)F)c3)c2)cc1. The zero-order valence-electron chi connectivity index (χ0n) is 17.8. The van der Waals surface area contributed by atoms with E-state index in [1.54, 1.807) is 18.2 Å². The van der Waals surface area contributed by atoms with Gasteiger partial charge in [0.1, 0.15) is 0 Å².